The van der Waals surface area contributed by atoms with E-state index in [4.69, 9.17) is 5.26 Å². The van der Waals surface area contributed by atoms with Gasteiger partial charge in [0.05, 0.1) is 23.7 Å². The molecular formula is C16H10F13NO. The number of alkyl halides is 13. The highest BCUT2D eigenvalue weighted by atomic mass is 19.4. The number of hydrogen-bond acceptors (Lipinski definition) is 2. The SMILES string of the molecule is CC(O)(CC(F)(F)C(F)(F)C(F)(F)C(F)(F)C(F)(F)C(F)(F)F)c1ccc(C#N)cc1. The van der Waals surface area contributed by atoms with E-state index in [-0.39, 0.29) is 5.56 Å². The fourth-order valence-corrected chi connectivity index (χ4v) is 2.35. The number of hydrogen-bond donors (Lipinski definition) is 1. The van der Waals surface area contributed by atoms with E-state index in [1.807, 2.05) is 0 Å². The van der Waals surface area contributed by atoms with Crippen LogP contribution < -0.4 is 0 Å². The zero-order valence-corrected chi connectivity index (χ0v) is 14.8. The summed E-state index contributed by atoms with van der Waals surface area (Å²) in [6.07, 6.45) is -10.3. The Morgan fingerprint density at radius 3 is 1.45 bits per heavy atom. The molecule has 0 saturated carbocycles. The molecule has 0 spiro atoms. The molecule has 0 amide bonds. The molecule has 0 aliphatic rings. The van der Waals surface area contributed by atoms with Crippen LogP contribution in [0.1, 0.15) is 24.5 Å². The van der Waals surface area contributed by atoms with Crippen molar-refractivity contribution in [2.45, 2.75) is 54.7 Å². The van der Waals surface area contributed by atoms with Crippen molar-refractivity contribution in [3.63, 3.8) is 0 Å². The van der Waals surface area contributed by atoms with Gasteiger partial charge in [0, 0.05) is 0 Å². The Bertz CT molecular complexity index is 835. The first-order valence-electron chi connectivity index (χ1n) is 7.68. The predicted octanol–water partition coefficient (Wildman–Crippen LogP) is 5.89. The molecule has 1 atom stereocenters. The summed E-state index contributed by atoms with van der Waals surface area (Å²) in [6.45, 7) is 0.332. The molecular weight excluding hydrogens is 469 g/mol. The molecule has 176 valence electrons. The van der Waals surface area contributed by atoms with Crippen LogP contribution in [-0.2, 0) is 5.60 Å². The summed E-state index contributed by atoms with van der Waals surface area (Å²) in [4.78, 5) is 0. The van der Waals surface area contributed by atoms with Crippen molar-refractivity contribution in [1.29, 1.82) is 5.26 Å². The van der Waals surface area contributed by atoms with Crippen LogP contribution in [0.3, 0.4) is 0 Å². The molecule has 15 heteroatoms. The van der Waals surface area contributed by atoms with Gasteiger partial charge in [0.1, 0.15) is 0 Å². The minimum Gasteiger partial charge on any atom is -0.385 e. The molecule has 1 rings (SSSR count). The monoisotopic (exact) mass is 479 g/mol. The van der Waals surface area contributed by atoms with Crippen LogP contribution >= 0.6 is 0 Å². The molecule has 31 heavy (non-hydrogen) atoms. The number of nitrogens with zero attached hydrogens (tertiary/aromatic N) is 1. The highest BCUT2D eigenvalue weighted by molar-refractivity contribution is 5.34. The molecule has 2 nitrogen and oxygen atoms in total. The second-order valence-electron chi connectivity index (χ2n) is 6.64. The number of rotatable bonds is 7. The van der Waals surface area contributed by atoms with Gasteiger partial charge in [-0.1, -0.05) is 12.1 Å². The average Bonchev–Trinajstić information content (AvgIpc) is 2.59. The lowest BCUT2D eigenvalue weighted by Crippen LogP contribution is -2.70. The zero-order valence-electron chi connectivity index (χ0n) is 14.8. The Labute approximate surface area is 164 Å². The Hall–Kier alpha value is -2.24. The van der Waals surface area contributed by atoms with Gasteiger partial charge in [-0.15, -0.1) is 0 Å². The first kappa shape index (κ1) is 26.8. The predicted molar refractivity (Wildman–Crippen MR) is 76.1 cm³/mol. The summed E-state index contributed by atoms with van der Waals surface area (Å²) in [5.41, 5.74) is -4.03. The van der Waals surface area contributed by atoms with Crippen LogP contribution in [0.25, 0.3) is 0 Å². The van der Waals surface area contributed by atoms with E-state index in [1.165, 1.54) is 0 Å². The fourth-order valence-electron chi connectivity index (χ4n) is 2.35. The molecule has 1 unspecified atom stereocenters. The lowest BCUT2D eigenvalue weighted by atomic mass is 9.84. The molecule has 0 heterocycles. The highest BCUT2D eigenvalue weighted by Gasteiger charge is 2.90. The van der Waals surface area contributed by atoms with Crippen molar-refractivity contribution in [3.05, 3.63) is 35.4 Å². The minimum atomic E-state index is -7.99. The van der Waals surface area contributed by atoms with Gasteiger partial charge in [-0.05, 0) is 24.6 Å². The van der Waals surface area contributed by atoms with Crippen molar-refractivity contribution in [1.82, 2.24) is 0 Å². The van der Waals surface area contributed by atoms with E-state index < -0.39 is 53.4 Å². The van der Waals surface area contributed by atoms with Crippen LogP contribution in [-0.4, -0.2) is 40.9 Å². The normalized spacial score (nSPS) is 16.6. The lowest BCUT2D eigenvalue weighted by molar-refractivity contribution is -0.441. The zero-order chi connectivity index (χ0) is 24.9. The Balaban J connectivity index is 3.43. The Kier molecular flexibility index (Phi) is 6.41. The molecule has 1 aromatic rings. The molecule has 0 radical (unpaired) electrons. The van der Waals surface area contributed by atoms with Gasteiger partial charge < -0.3 is 5.11 Å². The number of halogens is 13. The van der Waals surface area contributed by atoms with Crippen LogP contribution in [0.5, 0.6) is 0 Å². The largest absolute Gasteiger partial charge is 0.460 e. The Morgan fingerprint density at radius 1 is 0.710 bits per heavy atom. The quantitative estimate of drug-likeness (QED) is 0.496. The van der Waals surface area contributed by atoms with Gasteiger partial charge in [-0.2, -0.15) is 62.3 Å². The van der Waals surface area contributed by atoms with Gasteiger partial charge in [0.15, 0.2) is 0 Å². The van der Waals surface area contributed by atoms with E-state index in [9.17, 15) is 62.2 Å². The third-order valence-corrected chi connectivity index (χ3v) is 4.20. The van der Waals surface area contributed by atoms with Crippen molar-refractivity contribution < 1.29 is 62.2 Å². The molecule has 1 aromatic carbocycles. The second kappa shape index (κ2) is 7.42. The first-order chi connectivity index (χ1) is 13.5. The highest BCUT2D eigenvalue weighted by Crippen LogP contribution is 2.61. The van der Waals surface area contributed by atoms with E-state index >= 15 is 0 Å². The van der Waals surface area contributed by atoms with E-state index in [0.29, 0.717) is 19.1 Å². The third kappa shape index (κ3) is 4.13. The topological polar surface area (TPSA) is 44.0 Å². The number of aliphatic hydroxyl groups is 1. The molecule has 0 bridgehead atoms. The summed E-state index contributed by atoms with van der Waals surface area (Å²) in [6, 6.07) is 4.69. The summed E-state index contributed by atoms with van der Waals surface area (Å²) < 4.78 is 170. The molecule has 0 aromatic heterocycles. The number of nitriles is 1. The molecule has 1 N–H and O–H groups in total. The second-order valence-corrected chi connectivity index (χ2v) is 6.64. The first-order valence-corrected chi connectivity index (χ1v) is 7.68. The maximum atomic E-state index is 13.9. The van der Waals surface area contributed by atoms with E-state index in [1.54, 1.807) is 6.07 Å². The molecule has 0 aliphatic carbocycles. The van der Waals surface area contributed by atoms with E-state index in [2.05, 4.69) is 0 Å². The molecule has 0 saturated heterocycles. The van der Waals surface area contributed by atoms with Crippen LogP contribution in [0.15, 0.2) is 24.3 Å². The van der Waals surface area contributed by atoms with E-state index in [0.717, 1.165) is 12.1 Å². The maximum Gasteiger partial charge on any atom is 0.460 e. The van der Waals surface area contributed by atoms with Crippen molar-refractivity contribution in [3.8, 4) is 6.07 Å². The summed E-state index contributed by atoms with van der Waals surface area (Å²) in [7, 11) is 0. The Morgan fingerprint density at radius 2 is 1.10 bits per heavy atom. The fraction of sp³-hybridized carbons (Fsp3) is 0.562. The van der Waals surface area contributed by atoms with Gasteiger partial charge in [-0.3, -0.25) is 0 Å². The standard InChI is InChI=1S/C16H10F13NO/c1-10(31,9-4-2-8(6-30)3-5-9)7-11(17,18)12(19,20)13(21,22)14(23,24)15(25,26)16(27,28)29/h2-5,31H,7H2,1H3. The molecule has 0 aliphatic heterocycles. The number of benzene rings is 1. The van der Waals surface area contributed by atoms with Crippen molar-refractivity contribution in [2.75, 3.05) is 0 Å². The van der Waals surface area contributed by atoms with Crippen LogP contribution in [0.2, 0.25) is 0 Å². The molecule has 0 fully saturated rings. The van der Waals surface area contributed by atoms with Gasteiger partial charge in [-0.25, -0.2) is 0 Å². The van der Waals surface area contributed by atoms with Crippen LogP contribution in [0.4, 0.5) is 57.1 Å². The summed E-state index contributed by atoms with van der Waals surface area (Å²) >= 11 is 0. The summed E-state index contributed by atoms with van der Waals surface area (Å²) in [5.74, 6) is -37.6. The van der Waals surface area contributed by atoms with Gasteiger partial charge in [0.25, 0.3) is 0 Å². The van der Waals surface area contributed by atoms with Crippen molar-refractivity contribution >= 4 is 0 Å². The smallest absolute Gasteiger partial charge is 0.385 e. The van der Waals surface area contributed by atoms with Gasteiger partial charge in [0.2, 0.25) is 0 Å². The van der Waals surface area contributed by atoms with Crippen LogP contribution in [0, 0.1) is 11.3 Å². The maximum absolute atomic E-state index is 13.9. The lowest BCUT2D eigenvalue weighted by Gasteiger charge is -2.41. The average molecular weight is 479 g/mol. The minimum absolute atomic E-state index is 0.128. The third-order valence-electron chi connectivity index (χ3n) is 4.20. The summed E-state index contributed by atoms with van der Waals surface area (Å²) in [5, 5.41) is 18.5. The van der Waals surface area contributed by atoms with Gasteiger partial charge >= 0.3 is 35.8 Å². The van der Waals surface area contributed by atoms with Crippen molar-refractivity contribution in [2.24, 2.45) is 0 Å².